The van der Waals surface area contributed by atoms with Crippen LogP contribution >= 0.6 is 11.8 Å². The van der Waals surface area contributed by atoms with Gasteiger partial charge in [0, 0.05) is 0 Å². The molecule has 0 bridgehead atoms. The summed E-state index contributed by atoms with van der Waals surface area (Å²) in [7, 11) is 0. The zero-order chi connectivity index (χ0) is 15.3. The molecular formula is C14H15F3O3S. The van der Waals surface area contributed by atoms with E-state index in [2.05, 4.69) is 4.74 Å². The molecule has 0 aromatic heterocycles. The van der Waals surface area contributed by atoms with Gasteiger partial charge in [-0.1, -0.05) is 18.2 Å². The van der Waals surface area contributed by atoms with Crippen molar-refractivity contribution in [1.29, 1.82) is 0 Å². The number of hydrogen-bond acceptors (Lipinski definition) is 4. The van der Waals surface area contributed by atoms with Crippen molar-refractivity contribution in [3.63, 3.8) is 0 Å². The minimum atomic E-state index is -4.67. The molecule has 0 N–H and O–H groups in total. The maximum Gasteiger partial charge on any atom is 0.573 e. The number of thioether (sulfide) groups is 1. The number of alkyl halides is 3. The van der Waals surface area contributed by atoms with Crippen molar-refractivity contribution in [2.45, 2.75) is 17.9 Å². The summed E-state index contributed by atoms with van der Waals surface area (Å²) in [6.07, 6.45) is 0.379. The molecule has 1 saturated heterocycles. The second kappa shape index (κ2) is 7.20. The first kappa shape index (κ1) is 16.2. The monoisotopic (exact) mass is 320 g/mol. The molecule has 0 unspecified atom stereocenters. The molecule has 1 heterocycles. The number of rotatable bonds is 4. The van der Waals surface area contributed by atoms with Gasteiger partial charge >= 0.3 is 6.36 Å². The average molecular weight is 320 g/mol. The molecule has 0 spiro atoms. The van der Waals surface area contributed by atoms with Gasteiger partial charge in [0.25, 0.3) is 0 Å². The molecule has 1 aliphatic heterocycles. The van der Waals surface area contributed by atoms with E-state index >= 15 is 0 Å². The zero-order valence-electron chi connectivity index (χ0n) is 11.3. The van der Waals surface area contributed by atoms with Crippen LogP contribution in [-0.2, 0) is 9.47 Å². The first-order chi connectivity index (χ1) is 9.96. The number of ether oxygens (including phenoxy) is 3. The molecule has 21 heavy (non-hydrogen) atoms. The number of hydrogen-bond donors (Lipinski definition) is 0. The molecule has 1 aliphatic rings. The highest BCUT2D eigenvalue weighted by molar-refractivity contribution is 7.99. The van der Waals surface area contributed by atoms with E-state index in [0.717, 1.165) is 5.56 Å². The molecule has 1 fully saturated rings. The Hall–Kier alpha value is -1.18. The normalized spacial score (nSPS) is 23.4. The van der Waals surface area contributed by atoms with Gasteiger partial charge in [0.2, 0.25) is 0 Å². The summed E-state index contributed by atoms with van der Waals surface area (Å²) in [5, 5.41) is 0.341. The van der Waals surface area contributed by atoms with Crippen molar-refractivity contribution < 1.29 is 27.4 Å². The minimum absolute atomic E-state index is 0.243. The molecule has 0 amide bonds. The quantitative estimate of drug-likeness (QED) is 0.845. The standard InChI is InChI=1S/C14H15F3O3S/c1-21-12-8-18-13(19-9-12)7-4-10-2-5-11(6-3-10)20-14(15,16)17/h2-7,12-13H,8-9H2,1H3. The second-order valence-corrected chi connectivity index (χ2v) is 5.51. The maximum atomic E-state index is 12.0. The first-order valence-electron chi connectivity index (χ1n) is 6.26. The lowest BCUT2D eigenvalue weighted by Gasteiger charge is -2.26. The predicted molar refractivity (Wildman–Crippen MR) is 75.2 cm³/mol. The highest BCUT2D eigenvalue weighted by Gasteiger charge is 2.30. The highest BCUT2D eigenvalue weighted by atomic mass is 32.2. The third-order valence-electron chi connectivity index (χ3n) is 2.79. The van der Waals surface area contributed by atoms with Gasteiger partial charge in [0.15, 0.2) is 6.29 Å². The molecule has 0 aliphatic carbocycles. The molecule has 1 aromatic carbocycles. The van der Waals surface area contributed by atoms with E-state index in [1.54, 1.807) is 23.9 Å². The van der Waals surface area contributed by atoms with Crippen molar-refractivity contribution in [1.82, 2.24) is 0 Å². The fourth-order valence-corrected chi connectivity index (χ4v) is 2.15. The molecular weight excluding hydrogens is 305 g/mol. The maximum absolute atomic E-state index is 12.0. The second-order valence-electron chi connectivity index (χ2n) is 4.37. The van der Waals surface area contributed by atoms with Gasteiger partial charge in [-0.25, -0.2) is 0 Å². The summed E-state index contributed by atoms with van der Waals surface area (Å²) in [6.45, 7) is 1.24. The number of benzene rings is 1. The Morgan fingerprint density at radius 2 is 1.81 bits per heavy atom. The van der Waals surface area contributed by atoms with Crippen LogP contribution < -0.4 is 4.74 Å². The van der Waals surface area contributed by atoms with E-state index < -0.39 is 12.7 Å². The molecule has 7 heteroatoms. The van der Waals surface area contributed by atoms with Gasteiger partial charge in [-0.2, -0.15) is 11.8 Å². The summed E-state index contributed by atoms with van der Waals surface area (Å²) in [5.74, 6) is -0.243. The van der Waals surface area contributed by atoms with E-state index in [0.29, 0.717) is 18.5 Å². The molecule has 0 saturated carbocycles. The van der Waals surface area contributed by atoms with Crippen molar-refractivity contribution in [2.75, 3.05) is 19.5 Å². The number of halogens is 3. The zero-order valence-corrected chi connectivity index (χ0v) is 12.1. The Labute approximate surface area is 125 Å². The Morgan fingerprint density at radius 3 is 2.33 bits per heavy atom. The molecule has 116 valence electrons. The summed E-state index contributed by atoms with van der Waals surface area (Å²) < 4.78 is 50.8. The van der Waals surface area contributed by atoms with Gasteiger partial charge in [-0.15, -0.1) is 13.2 Å². The van der Waals surface area contributed by atoms with Crippen LogP contribution in [-0.4, -0.2) is 37.4 Å². The van der Waals surface area contributed by atoms with Gasteiger partial charge < -0.3 is 14.2 Å². The molecule has 2 rings (SSSR count). The summed E-state index contributed by atoms with van der Waals surface area (Å²) >= 11 is 1.69. The predicted octanol–water partition coefficient (Wildman–Crippen LogP) is 3.70. The SMILES string of the molecule is CSC1COC(C=Cc2ccc(OC(F)(F)F)cc2)OC1. The van der Waals surface area contributed by atoms with Crippen molar-refractivity contribution >= 4 is 17.8 Å². The Kier molecular flexibility index (Phi) is 5.55. The fourth-order valence-electron chi connectivity index (χ4n) is 1.72. The Bertz CT molecular complexity index is 465. The largest absolute Gasteiger partial charge is 0.573 e. The van der Waals surface area contributed by atoms with Gasteiger partial charge in [-0.3, -0.25) is 0 Å². The van der Waals surface area contributed by atoms with E-state index in [4.69, 9.17) is 9.47 Å². The summed E-state index contributed by atoms with van der Waals surface area (Å²) in [5.41, 5.74) is 0.740. The van der Waals surface area contributed by atoms with E-state index in [1.165, 1.54) is 24.3 Å². The van der Waals surface area contributed by atoms with Crippen LogP contribution in [0.1, 0.15) is 5.56 Å². The molecule has 1 aromatic rings. The first-order valence-corrected chi connectivity index (χ1v) is 7.55. The van der Waals surface area contributed by atoms with E-state index in [-0.39, 0.29) is 5.75 Å². The Morgan fingerprint density at radius 1 is 1.19 bits per heavy atom. The van der Waals surface area contributed by atoms with Crippen LogP contribution in [0.4, 0.5) is 13.2 Å². The highest BCUT2D eigenvalue weighted by Crippen LogP contribution is 2.23. The lowest BCUT2D eigenvalue weighted by molar-refractivity contribution is -0.274. The van der Waals surface area contributed by atoms with Crippen LogP contribution in [0.2, 0.25) is 0 Å². The van der Waals surface area contributed by atoms with Gasteiger partial charge in [0.1, 0.15) is 5.75 Å². The van der Waals surface area contributed by atoms with Crippen molar-refractivity contribution in [3.05, 3.63) is 35.9 Å². The van der Waals surface area contributed by atoms with Crippen LogP contribution in [0.3, 0.4) is 0 Å². The Balaban J connectivity index is 1.87. The minimum Gasteiger partial charge on any atom is -0.406 e. The van der Waals surface area contributed by atoms with Crippen LogP contribution in [0.15, 0.2) is 30.3 Å². The lowest BCUT2D eigenvalue weighted by atomic mass is 10.2. The molecule has 0 atom stereocenters. The molecule has 0 radical (unpaired) electrons. The average Bonchev–Trinajstić information content (AvgIpc) is 2.45. The van der Waals surface area contributed by atoms with Gasteiger partial charge in [-0.05, 0) is 30.0 Å². The van der Waals surface area contributed by atoms with E-state index in [9.17, 15) is 13.2 Å². The third kappa shape index (κ3) is 5.61. The molecule has 3 nitrogen and oxygen atoms in total. The van der Waals surface area contributed by atoms with Crippen LogP contribution in [0.25, 0.3) is 6.08 Å². The smallest absolute Gasteiger partial charge is 0.406 e. The lowest BCUT2D eigenvalue weighted by Crippen LogP contribution is -2.32. The van der Waals surface area contributed by atoms with E-state index in [1.807, 2.05) is 6.26 Å². The van der Waals surface area contributed by atoms with Crippen molar-refractivity contribution in [2.24, 2.45) is 0 Å². The fraction of sp³-hybridized carbons (Fsp3) is 0.429. The van der Waals surface area contributed by atoms with Crippen LogP contribution in [0.5, 0.6) is 5.75 Å². The topological polar surface area (TPSA) is 27.7 Å². The van der Waals surface area contributed by atoms with Crippen molar-refractivity contribution in [3.8, 4) is 5.75 Å². The van der Waals surface area contributed by atoms with Gasteiger partial charge in [0.05, 0.1) is 18.5 Å². The summed E-state index contributed by atoms with van der Waals surface area (Å²) in [6, 6.07) is 5.59. The third-order valence-corrected chi connectivity index (χ3v) is 3.72. The summed E-state index contributed by atoms with van der Waals surface area (Å²) in [4.78, 5) is 0. The van der Waals surface area contributed by atoms with Crippen LogP contribution in [0, 0.1) is 0 Å².